The molecule has 2 aliphatic heterocycles. The van der Waals surface area contributed by atoms with E-state index in [0.29, 0.717) is 0 Å². The molecule has 142 valence electrons. The van der Waals surface area contributed by atoms with Gasteiger partial charge in [0.1, 0.15) is 42.7 Å². The quantitative estimate of drug-likeness (QED) is 0.247. The Morgan fingerprint density at radius 2 is 1.42 bits per heavy atom. The molecule has 2 aliphatic rings. The fourth-order valence-electron chi connectivity index (χ4n) is 2.54. The summed E-state index contributed by atoms with van der Waals surface area (Å²) in [7, 11) is 0. The van der Waals surface area contributed by atoms with Gasteiger partial charge in [-0.05, 0) is 0 Å². The zero-order valence-electron chi connectivity index (χ0n) is 12.3. The lowest BCUT2D eigenvalue weighted by Crippen LogP contribution is -2.61. The van der Waals surface area contributed by atoms with Crippen molar-refractivity contribution in [3.05, 3.63) is 0 Å². The Morgan fingerprint density at radius 3 is 2.00 bits per heavy atom. The van der Waals surface area contributed by atoms with Crippen molar-refractivity contribution in [2.75, 3.05) is 13.2 Å². The standard InChI is InChI=1S/C12H21ClO11/c13-24-10-8(18)5(15)3(1-14)23-12(10)21-2-4-6(16)7(17)9(19)11(20)22-4/h3-12,14-20H,1-2H2/t3-,4-,5+,6-,7+,8+,9-,10-,11-,12+/m1/s1. The van der Waals surface area contributed by atoms with Crippen molar-refractivity contribution >= 4 is 11.9 Å². The van der Waals surface area contributed by atoms with E-state index in [2.05, 4.69) is 4.29 Å². The van der Waals surface area contributed by atoms with Crippen LogP contribution in [0, 0.1) is 0 Å². The number of rotatable bonds is 5. The number of hydrogen-bond donors (Lipinski definition) is 7. The summed E-state index contributed by atoms with van der Waals surface area (Å²) in [6.45, 7) is -1.05. The van der Waals surface area contributed by atoms with E-state index >= 15 is 0 Å². The SMILES string of the molecule is OC[C@H]1O[C@H](OC[C@H]2O[C@@H](O)[C@H](O)[C@@H](O)[C@@H]2O)[C@H](OCl)[C@@H](O)[C@H]1O. The van der Waals surface area contributed by atoms with Gasteiger partial charge in [0.15, 0.2) is 18.7 Å². The van der Waals surface area contributed by atoms with Crippen molar-refractivity contribution in [2.24, 2.45) is 0 Å². The summed E-state index contributed by atoms with van der Waals surface area (Å²) < 4.78 is 19.9. The molecule has 11 nitrogen and oxygen atoms in total. The lowest BCUT2D eigenvalue weighted by molar-refractivity contribution is -0.322. The van der Waals surface area contributed by atoms with Gasteiger partial charge in [0, 0.05) is 0 Å². The van der Waals surface area contributed by atoms with Gasteiger partial charge in [0.05, 0.1) is 25.1 Å². The molecule has 0 saturated carbocycles. The van der Waals surface area contributed by atoms with Gasteiger partial charge >= 0.3 is 0 Å². The molecule has 12 heteroatoms. The molecule has 0 spiro atoms. The summed E-state index contributed by atoms with van der Waals surface area (Å²) in [6.07, 6.45) is -14.7. The van der Waals surface area contributed by atoms with Crippen LogP contribution in [0.1, 0.15) is 0 Å². The van der Waals surface area contributed by atoms with Crippen LogP contribution in [0.3, 0.4) is 0 Å². The zero-order valence-corrected chi connectivity index (χ0v) is 13.1. The molecule has 2 heterocycles. The molecular formula is C12H21ClO11. The van der Waals surface area contributed by atoms with Gasteiger partial charge in [0.2, 0.25) is 0 Å². The van der Waals surface area contributed by atoms with Crippen LogP contribution in [0.15, 0.2) is 0 Å². The molecule has 2 fully saturated rings. The molecule has 0 bridgehead atoms. The Balaban J connectivity index is 1.98. The molecule has 0 aromatic rings. The highest BCUT2D eigenvalue weighted by atomic mass is 35.5. The van der Waals surface area contributed by atoms with Crippen LogP contribution in [0.5, 0.6) is 0 Å². The summed E-state index contributed by atoms with van der Waals surface area (Å²) in [4.78, 5) is 0. The van der Waals surface area contributed by atoms with Gasteiger partial charge in [-0.25, -0.2) is 0 Å². The fourth-order valence-corrected chi connectivity index (χ4v) is 2.73. The lowest BCUT2D eigenvalue weighted by atomic mass is 9.98. The largest absolute Gasteiger partial charge is 0.394 e. The van der Waals surface area contributed by atoms with Crippen LogP contribution in [-0.4, -0.2) is 110 Å². The first-order chi connectivity index (χ1) is 11.3. The molecule has 7 N–H and O–H groups in total. The van der Waals surface area contributed by atoms with Crippen LogP contribution in [0.4, 0.5) is 0 Å². The molecule has 10 atom stereocenters. The van der Waals surface area contributed by atoms with E-state index in [1.54, 1.807) is 0 Å². The first kappa shape index (κ1) is 20.2. The van der Waals surface area contributed by atoms with E-state index in [9.17, 15) is 30.6 Å². The zero-order chi connectivity index (χ0) is 18.0. The topological polar surface area (TPSA) is 179 Å². The average molecular weight is 377 g/mol. The normalized spacial score (nSPS) is 50.0. The Hall–Kier alpha value is -0.150. The number of hydrogen-bond acceptors (Lipinski definition) is 11. The number of aliphatic hydroxyl groups excluding tert-OH is 7. The summed E-state index contributed by atoms with van der Waals surface area (Å²) in [5.41, 5.74) is 0. The second-order valence-corrected chi connectivity index (χ2v) is 5.81. The lowest BCUT2D eigenvalue weighted by Gasteiger charge is -2.42. The number of ether oxygens (including phenoxy) is 3. The summed E-state index contributed by atoms with van der Waals surface area (Å²) in [6, 6.07) is 0. The maximum Gasteiger partial charge on any atom is 0.188 e. The smallest absolute Gasteiger partial charge is 0.188 e. The summed E-state index contributed by atoms with van der Waals surface area (Å²) in [5.74, 6) is 0. The predicted octanol–water partition coefficient (Wildman–Crippen LogP) is -4.22. The minimum absolute atomic E-state index is 0.440. The van der Waals surface area contributed by atoms with Crippen molar-refractivity contribution in [2.45, 2.75) is 61.4 Å². The van der Waals surface area contributed by atoms with E-state index in [1.807, 2.05) is 0 Å². The average Bonchev–Trinajstić information content (AvgIpc) is 2.57. The number of halogens is 1. The van der Waals surface area contributed by atoms with E-state index in [0.717, 1.165) is 0 Å². The third kappa shape index (κ3) is 3.98. The maximum atomic E-state index is 9.89. The minimum Gasteiger partial charge on any atom is -0.394 e. The van der Waals surface area contributed by atoms with Gasteiger partial charge in [-0.3, -0.25) is 4.29 Å². The third-order valence-corrected chi connectivity index (χ3v) is 4.25. The van der Waals surface area contributed by atoms with Gasteiger partial charge in [-0.15, -0.1) is 0 Å². The molecule has 0 unspecified atom stereocenters. The Bertz CT molecular complexity index is 401. The van der Waals surface area contributed by atoms with Crippen molar-refractivity contribution in [3.63, 3.8) is 0 Å². The van der Waals surface area contributed by atoms with E-state index < -0.39 is 74.6 Å². The molecule has 2 saturated heterocycles. The van der Waals surface area contributed by atoms with E-state index in [-0.39, 0.29) is 0 Å². The molecule has 0 aromatic heterocycles. The first-order valence-electron chi connectivity index (χ1n) is 7.21. The van der Waals surface area contributed by atoms with Crippen LogP contribution < -0.4 is 0 Å². The fraction of sp³-hybridized carbons (Fsp3) is 1.00. The summed E-state index contributed by atoms with van der Waals surface area (Å²) >= 11 is 5.25. The van der Waals surface area contributed by atoms with Crippen molar-refractivity contribution < 1.29 is 54.2 Å². The van der Waals surface area contributed by atoms with Crippen LogP contribution in [0.25, 0.3) is 0 Å². The van der Waals surface area contributed by atoms with Gasteiger partial charge in [-0.1, -0.05) is 0 Å². The van der Waals surface area contributed by atoms with Crippen LogP contribution in [-0.2, 0) is 18.5 Å². The monoisotopic (exact) mass is 376 g/mol. The Morgan fingerprint density at radius 1 is 0.792 bits per heavy atom. The van der Waals surface area contributed by atoms with Crippen molar-refractivity contribution in [1.82, 2.24) is 0 Å². The van der Waals surface area contributed by atoms with Gasteiger partial charge in [0.25, 0.3) is 0 Å². The molecule has 0 aromatic carbocycles. The third-order valence-electron chi connectivity index (χ3n) is 4.04. The predicted molar refractivity (Wildman–Crippen MR) is 73.3 cm³/mol. The highest BCUT2D eigenvalue weighted by Gasteiger charge is 2.48. The number of aliphatic hydroxyl groups is 7. The van der Waals surface area contributed by atoms with Crippen LogP contribution in [0.2, 0.25) is 0 Å². The van der Waals surface area contributed by atoms with Crippen LogP contribution >= 0.6 is 11.9 Å². The molecule has 0 aliphatic carbocycles. The second-order valence-electron chi connectivity index (χ2n) is 5.63. The molecule has 2 rings (SSSR count). The van der Waals surface area contributed by atoms with E-state index in [4.69, 9.17) is 31.2 Å². The van der Waals surface area contributed by atoms with E-state index in [1.165, 1.54) is 0 Å². The Kier molecular flexibility index (Phi) is 7.13. The van der Waals surface area contributed by atoms with Crippen molar-refractivity contribution in [3.8, 4) is 0 Å². The first-order valence-corrected chi connectivity index (χ1v) is 7.51. The molecule has 0 amide bonds. The highest BCUT2D eigenvalue weighted by Crippen LogP contribution is 2.27. The second kappa shape index (κ2) is 8.49. The van der Waals surface area contributed by atoms with Crippen molar-refractivity contribution in [1.29, 1.82) is 0 Å². The van der Waals surface area contributed by atoms with Gasteiger partial charge in [-0.2, -0.15) is 0 Å². The summed E-state index contributed by atoms with van der Waals surface area (Å²) in [5, 5.41) is 67.0. The Labute approximate surface area is 141 Å². The maximum absolute atomic E-state index is 9.89. The highest BCUT2D eigenvalue weighted by molar-refractivity contribution is 6.07. The molecule has 24 heavy (non-hydrogen) atoms. The minimum atomic E-state index is -1.73. The van der Waals surface area contributed by atoms with Gasteiger partial charge < -0.3 is 50.0 Å². The molecule has 0 radical (unpaired) electrons. The molecular weight excluding hydrogens is 356 g/mol.